The van der Waals surface area contributed by atoms with Gasteiger partial charge in [-0.15, -0.1) is 0 Å². The predicted octanol–water partition coefficient (Wildman–Crippen LogP) is 12.5. The Kier molecular flexibility index (Phi) is 9.05. The molecule has 0 aromatic heterocycles. The van der Waals surface area contributed by atoms with Crippen LogP contribution in [0.5, 0.6) is 0 Å². The SMILES string of the molecule is c1cc(C2CCCCC2)ccc1Nc1ccc(C2(c3ccc(Nc4ccc(C5CCCCC5)cc4)cc3)CCCCC2)cc1. The molecule has 4 aromatic rings. The number of rotatable bonds is 8. The van der Waals surface area contributed by atoms with E-state index < -0.39 is 0 Å². The lowest BCUT2D eigenvalue weighted by atomic mass is 9.65. The van der Waals surface area contributed by atoms with Gasteiger partial charge in [0.25, 0.3) is 0 Å². The highest BCUT2D eigenvalue weighted by molar-refractivity contribution is 5.63. The summed E-state index contributed by atoms with van der Waals surface area (Å²) >= 11 is 0. The number of hydrogen-bond acceptors (Lipinski definition) is 2. The Hall–Kier alpha value is -3.52. The Morgan fingerprint density at radius 3 is 1.05 bits per heavy atom. The van der Waals surface area contributed by atoms with E-state index in [1.807, 2.05) is 0 Å². The Balaban J connectivity index is 1.03. The van der Waals surface area contributed by atoms with Crippen molar-refractivity contribution in [1.82, 2.24) is 0 Å². The fourth-order valence-electron chi connectivity index (χ4n) is 8.53. The number of benzene rings is 4. The van der Waals surface area contributed by atoms with E-state index in [-0.39, 0.29) is 5.41 Å². The summed E-state index contributed by atoms with van der Waals surface area (Å²) in [5.74, 6) is 1.51. The van der Waals surface area contributed by atoms with Crippen LogP contribution in [0, 0.1) is 0 Å². The Morgan fingerprint density at radius 1 is 0.364 bits per heavy atom. The standard InChI is InChI=1S/C42H50N2/c1-4-10-32(11-5-1)34-14-22-38(23-15-34)43-40-26-18-36(19-27-40)42(30-8-3-9-31-42)37-20-28-41(29-21-37)44-39-24-16-35(17-25-39)33-12-6-2-7-13-33/h14-29,32-33,43-44H,1-13,30-31H2. The molecule has 0 bridgehead atoms. The normalized spacial score (nSPS) is 19.4. The summed E-state index contributed by atoms with van der Waals surface area (Å²) in [7, 11) is 0. The van der Waals surface area contributed by atoms with Crippen molar-refractivity contribution in [1.29, 1.82) is 0 Å². The van der Waals surface area contributed by atoms with Crippen molar-refractivity contribution in [2.75, 3.05) is 10.6 Å². The number of anilines is 4. The summed E-state index contributed by atoms with van der Waals surface area (Å²) in [6, 6.07) is 37.1. The minimum atomic E-state index is 0.0958. The third-order valence-electron chi connectivity index (χ3n) is 11.1. The van der Waals surface area contributed by atoms with Crippen LogP contribution in [0.15, 0.2) is 97.1 Å². The zero-order valence-corrected chi connectivity index (χ0v) is 26.5. The highest BCUT2D eigenvalue weighted by Gasteiger charge is 2.35. The van der Waals surface area contributed by atoms with E-state index >= 15 is 0 Å². The highest BCUT2D eigenvalue weighted by atomic mass is 14.9. The largest absolute Gasteiger partial charge is 0.356 e. The molecular formula is C42H50N2. The summed E-state index contributed by atoms with van der Waals surface area (Å²) in [6.45, 7) is 0. The summed E-state index contributed by atoms with van der Waals surface area (Å²) < 4.78 is 0. The molecule has 0 aliphatic heterocycles. The van der Waals surface area contributed by atoms with Crippen molar-refractivity contribution in [2.24, 2.45) is 0 Å². The summed E-state index contributed by atoms with van der Waals surface area (Å²) in [6.07, 6.45) is 20.1. The van der Waals surface area contributed by atoms with Crippen LogP contribution in [0.3, 0.4) is 0 Å². The van der Waals surface area contributed by atoms with Crippen LogP contribution in [-0.2, 0) is 5.41 Å². The molecule has 0 amide bonds. The lowest BCUT2D eigenvalue weighted by Gasteiger charge is -2.39. The molecule has 4 aromatic carbocycles. The molecule has 3 saturated carbocycles. The molecule has 2 heteroatoms. The molecule has 3 fully saturated rings. The Labute approximate surface area is 265 Å². The van der Waals surface area contributed by atoms with Gasteiger partial charge in [-0.2, -0.15) is 0 Å². The van der Waals surface area contributed by atoms with Crippen LogP contribution in [0.1, 0.15) is 130 Å². The molecule has 0 atom stereocenters. The predicted molar refractivity (Wildman–Crippen MR) is 188 cm³/mol. The third-order valence-corrected chi connectivity index (χ3v) is 11.1. The van der Waals surface area contributed by atoms with Crippen LogP contribution in [0.25, 0.3) is 0 Å². The van der Waals surface area contributed by atoms with Gasteiger partial charge in [-0.1, -0.05) is 106 Å². The highest BCUT2D eigenvalue weighted by Crippen LogP contribution is 2.45. The number of nitrogens with one attached hydrogen (secondary N) is 2. The van der Waals surface area contributed by atoms with Crippen LogP contribution < -0.4 is 10.6 Å². The van der Waals surface area contributed by atoms with Crippen LogP contribution in [0.4, 0.5) is 22.7 Å². The topological polar surface area (TPSA) is 24.1 Å². The number of hydrogen-bond donors (Lipinski definition) is 2. The van der Waals surface area contributed by atoms with Gasteiger partial charge in [0.15, 0.2) is 0 Å². The van der Waals surface area contributed by atoms with Crippen molar-refractivity contribution in [3.8, 4) is 0 Å². The van der Waals surface area contributed by atoms with E-state index in [4.69, 9.17) is 0 Å². The van der Waals surface area contributed by atoms with E-state index in [2.05, 4.69) is 108 Å². The van der Waals surface area contributed by atoms with Gasteiger partial charge in [0.1, 0.15) is 0 Å². The summed E-state index contributed by atoms with van der Waals surface area (Å²) in [5, 5.41) is 7.32. The van der Waals surface area contributed by atoms with E-state index in [0.29, 0.717) is 0 Å². The zero-order chi connectivity index (χ0) is 29.6. The molecule has 0 saturated heterocycles. The fraction of sp³-hybridized carbons (Fsp3) is 0.429. The molecule has 3 aliphatic carbocycles. The van der Waals surface area contributed by atoms with E-state index in [0.717, 1.165) is 11.8 Å². The monoisotopic (exact) mass is 582 g/mol. The molecule has 0 heterocycles. The van der Waals surface area contributed by atoms with Crippen LogP contribution in [0.2, 0.25) is 0 Å². The van der Waals surface area contributed by atoms with Crippen LogP contribution in [-0.4, -0.2) is 0 Å². The zero-order valence-electron chi connectivity index (χ0n) is 26.5. The van der Waals surface area contributed by atoms with Gasteiger partial charge in [-0.05, 0) is 121 Å². The second kappa shape index (κ2) is 13.6. The van der Waals surface area contributed by atoms with Gasteiger partial charge >= 0.3 is 0 Å². The first-order chi connectivity index (χ1) is 21.7. The van der Waals surface area contributed by atoms with Gasteiger partial charge in [-0.25, -0.2) is 0 Å². The maximum atomic E-state index is 3.66. The molecular weight excluding hydrogens is 532 g/mol. The average Bonchev–Trinajstić information content (AvgIpc) is 3.11. The van der Waals surface area contributed by atoms with Gasteiger partial charge in [0.05, 0.1) is 0 Å². The van der Waals surface area contributed by atoms with Gasteiger partial charge < -0.3 is 10.6 Å². The molecule has 0 radical (unpaired) electrons. The molecule has 44 heavy (non-hydrogen) atoms. The van der Waals surface area contributed by atoms with E-state index in [9.17, 15) is 0 Å². The van der Waals surface area contributed by atoms with E-state index in [1.54, 1.807) is 0 Å². The second-order valence-electron chi connectivity index (χ2n) is 14.0. The maximum Gasteiger partial charge on any atom is 0.0384 e. The van der Waals surface area contributed by atoms with Crippen molar-refractivity contribution < 1.29 is 0 Å². The van der Waals surface area contributed by atoms with Crippen LogP contribution >= 0.6 is 0 Å². The Morgan fingerprint density at radius 2 is 0.682 bits per heavy atom. The second-order valence-corrected chi connectivity index (χ2v) is 14.0. The third kappa shape index (κ3) is 6.60. The maximum absolute atomic E-state index is 3.66. The first-order valence-electron chi connectivity index (χ1n) is 17.7. The first-order valence-corrected chi connectivity index (χ1v) is 17.7. The lowest BCUT2D eigenvalue weighted by molar-refractivity contribution is 0.346. The van der Waals surface area contributed by atoms with Crippen molar-refractivity contribution in [3.05, 3.63) is 119 Å². The smallest absolute Gasteiger partial charge is 0.0384 e. The van der Waals surface area contributed by atoms with Crippen molar-refractivity contribution in [2.45, 2.75) is 114 Å². The summed E-state index contributed by atoms with van der Waals surface area (Å²) in [5.41, 5.74) is 10.7. The van der Waals surface area contributed by atoms with Crippen molar-refractivity contribution in [3.63, 3.8) is 0 Å². The molecule has 0 spiro atoms. The Bertz CT molecular complexity index is 1340. The quantitative estimate of drug-likeness (QED) is 0.216. The minimum Gasteiger partial charge on any atom is -0.356 e. The van der Waals surface area contributed by atoms with Gasteiger partial charge in [-0.3, -0.25) is 0 Å². The fourth-order valence-corrected chi connectivity index (χ4v) is 8.53. The summed E-state index contributed by atoms with van der Waals surface area (Å²) in [4.78, 5) is 0. The molecule has 228 valence electrons. The molecule has 2 N–H and O–H groups in total. The van der Waals surface area contributed by atoms with Crippen molar-refractivity contribution >= 4 is 22.7 Å². The molecule has 0 unspecified atom stereocenters. The molecule has 2 nitrogen and oxygen atoms in total. The van der Waals surface area contributed by atoms with Gasteiger partial charge in [0, 0.05) is 28.2 Å². The average molecular weight is 583 g/mol. The first kappa shape index (κ1) is 29.2. The van der Waals surface area contributed by atoms with E-state index in [1.165, 1.54) is 141 Å². The minimum absolute atomic E-state index is 0.0958. The molecule has 7 rings (SSSR count). The molecule has 3 aliphatic rings. The lowest BCUT2D eigenvalue weighted by Crippen LogP contribution is -2.30. The van der Waals surface area contributed by atoms with Gasteiger partial charge in [0.2, 0.25) is 0 Å².